The zero-order chi connectivity index (χ0) is 10.5. The van der Waals surface area contributed by atoms with E-state index in [1.807, 2.05) is 11.3 Å². The maximum Gasteiger partial charge on any atom is 0.0356 e. The Morgan fingerprint density at radius 1 is 1.40 bits per heavy atom. The molecule has 0 radical (unpaired) electrons. The number of thiophene rings is 1. The van der Waals surface area contributed by atoms with Gasteiger partial charge in [-0.3, -0.25) is 0 Å². The average molecular weight is 223 g/mol. The van der Waals surface area contributed by atoms with Crippen LogP contribution >= 0.6 is 11.3 Å². The van der Waals surface area contributed by atoms with Crippen molar-refractivity contribution >= 4 is 11.3 Å². The normalized spacial score (nSPS) is 20.3. The van der Waals surface area contributed by atoms with E-state index in [9.17, 15) is 0 Å². The minimum Gasteiger partial charge on any atom is -0.310 e. The van der Waals surface area contributed by atoms with Crippen molar-refractivity contribution in [3.05, 3.63) is 22.4 Å². The van der Waals surface area contributed by atoms with Crippen LogP contribution in [0.1, 0.15) is 50.6 Å². The molecular weight excluding hydrogens is 202 g/mol. The molecule has 0 saturated heterocycles. The van der Waals surface area contributed by atoms with Gasteiger partial charge in [0.1, 0.15) is 0 Å². The Morgan fingerprint density at radius 2 is 2.20 bits per heavy atom. The second kappa shape index (κ2) is 5.66. The van der Waals surface area contributed by atoms with Gasteiger partial charge >= 0.3 is 0 Å². The molecule has 1 fully saturated rings. The summed E-state index contributed by atoms with van der Waals surface area (Å²) in [5, 5.41) is 8.17. The van der Waals surface area contributed by atoms with Gasteiger partial charge in [-0.15, -0.1) is 0 Å². The Morgan fingerprint density at radius 3 is 2.80 bits per heavy atom. The highest BCUT2D eigenvalue weighted by Crippen LogP contribution is 2.34. The molecule has 0 aromatic carbocycles. The minimum absolute atomic E-state index is 0.613. The molecule has 2 rings (SSSR count). The molecule has 1 saturated carbocycles. The smallest absolute Gasteiger partial charge is 0.0356 e. The van der Waals surface area contributed by atoms with Crippen LogP contribution in [0.15, 0.2) is 16.8 Å². The molecule has 1 aromatic rings. The fourth-order valence-corrected chi connectivity index (χ4v) is 3.39. The maximum absolute atomic E-state index is 3.66. The molecular formula is C13H21NS. The Balaban J connectivity index is 2.04. The van der Waals surface area contributed by atoms with Crippen LogP contribution in [0.5, 0.6) is 0 Å². The van der Waals surface area contributed by atoms with Crippen molar-refractivity contribution in [3.63, 3.8) is 0 Å². The molecule has 1 heterocycles. The summed E-state index contributed by atoms with van der Waals surface area (Å²) in [5.41, 5.74) is 1.51. The van der Waals surface area contributed by atoms with Gasteiger partial charge in [0.05, 0.1) is 0 Å². The SMILES string of the molecule is CCNC(c1ccsc1)C1CCCCC1. The van der Waals surface area contributed by atoms with Crippen LogP contribution < -0.4 is 5.32 Å². The van der Waals surface area contributed by atoms with Crippen molar-refractivity contribution in [3.8, 4) is 0 Å². The molecule has 0 bridgehead atoms. The number of hydrogen-bond acceptors (Lipinski definition) is 2. The molecule has 1 unspecified atom stereocenters. The molecule has 15 heavy (non-hydrogen) atoms. The molecule has 84 valence electrons. The lowest BCUT2D eigenvalue weighted by molar-refractivity contribution is 0.275. The Kier molecular flexibility index (Phi) is 4.21. The van der Waals surface area contributed by atoms with Gasteiger partial charge in [-0.2, -0.15) is 11.3 Å². The second-order valence-corrected chi connectivity index (χ2v) is 5.27. The van der Waals surface area contributed by atoms with Crippen LogP contribution in [0.2, 0.25) is 0 Å². The standard InChI is InChI=1S/C13H21NS/c1-2-14-13(12-8-9-15-10-12)11-6-4-3-5-7-11/h8-11,13-14H,2-7H2,1H3. The largest absolute Gasteiger partial charge is 0.310 e. The van der Waals surface area contributed by atoms with Crippen molar-refractivity contribution in [1.82, 2.24) is 5.32 Å². The molecule has 1 nitrogen and oxygen atoms in total. The van der Waals surface area contributed by atoms with Crippen LogP contribution in [-0.2, 0) is 0 Å². The minimum atomic E-state index is 0.613. The lowest BCUT2D eigenvalue weighted by atomic mass is 9.82. The van der Waals surface area contributed by atoms with E-state index in [0.717, 1.165) is 12.5 Å². The molecule has 1 N–H and O–H groups in total. The predicted octanol–water partition coefficient (Wildman–Crippen LogP) is 3.98. The number of hydrogen-bond donors (Lipinski definition) is 1. The van der Waals surface area contributed by atoms with Gasteiger partial charge in [0.25, 0.3) is 0 Å². The molecule has 1 aromatic heterocycles. The van der Waals surface area contributed by atoms with E-state index in [4.69, 9.17) is 0 Å². The van der Waals surface area contributed by atoms with E-state index in [-0.39, 0.29) is 0 Å². The zero-order valence-electron chi connectivity index (χ0n) is 9.54. The van der Waals surface area contributed by atoms with E-state index >= 15 is 0 Å². The van der Waals surface area contributed by atoms with Crippen molar-refractivity contribution < 1.29 is 0 Å². The van der Waals surface area contributed by atoms with Crippen LogP contribution in [0.4, 0.5) is 0 Å². The van der Waals surface area contributed by atoms with Crippen molar-refractivity contribution in [2.45, 2.75) is 45.1 Å². The third kappa shape index (κ3) is 2.82. The third-order valence-electron chi connectivity index (χ3n) is 3.45. The highest BCUT2D eigenvalue weighted by molar-refractivity contribution is 7.07. The van der Waals surface area contributed by atoms with Gasteiger partial charge < -0.3 is 5.32 Å². The van der Waals surface area contributed by atoms with E-state index in [0.29, 0.717) is 6.04 Å². The third-order valence-corrected chi connectivity index (χ3v) is 4.15. The van der Waals surface area contributed by atoms with Gasteiger partial charge in [0.2, 0.25) is 0 Å². The quantitative estimate of drug-likeness (QED) is 0.814. The molecule has 1 aliphatic carbocycles. The lowest BCUT2D eigenvalue weighted by Crippen LogP contribution is -2.29. The molecule has 1 atom stereocenters. The summed E-state index contributed by atoms with van der Waals surface area (Å²) < 4.78 is 0. The van der Waals surface area contributed by atoms with Crippen molar-refractivity contribution in [1.29, 1.82) is 0 Å². The Hall–Kier alpha value is -0.340. The number of rotatable bonds is 4. The lowest BCUT2D eigenvalue weighted by Gasteiger charge is -2.30. The topological polar surface area (TPSA) is 12.0 Å². The summed E-state index contributed by atoms with van der Waals surface area (Å²) >= 11 is 1.82. The van der Waals surface area contributed by atoms with Gasteiger partial charge in [-0.25, -0.2) is 0 Å². The first kappa shape index (κ1) is 11.2. The van der Waals surface area contributed by atoms with Gasteiger partial charge in [0, 0.05) is 6.04 Å². The van der Waals surface area contributed by atoms with Gasteiger partial charge in [-0.1, -0.05) is 26.2 Å². The monoisotopic (exact) mass is 223 g/mol. The summed E-state index contributed by atoms with van der Waals surface area (Å²) in [5.74, 6) is 0.869. The zero-order valence-corrected chi connectivity index (χ0v) is 10.4. The molecule has 0 amide bonds. The van der Waals surface area contributed by atoms with Gasteiger partial charge in [0.15, 0.2) is 0 Å². The fourth-order valence-electron chi connectivity index (χ4n) is 2.70. The Labute approximate surface area is 96.9 Å². The summed E-state index contributed by atoms with van der Waals surface area (Å²) in [6.07, 6.45) is 7.12. The van der Waals surface area contributed by atoms with Crippen molar-refractivity contribution in [2.75, 3.05) is 6.54 Å². The van der Waals surface area contributed by atoms with E-state index in [1.165, 1.54) is 37.7 Å². The van der Waals surface area contributed by atoms with Crippen LogP contribution in [-0.4, -0.2) is 6.54 Å². The van der Waals surface area contributed by atoms with E-state index in [1.54, 1.807) is 0 Å². The first-order valence-electron chi connectivity index (χ1n) is 6.17. The average Bonchev–Trinajstić information content (AvgIpc) is 2.80. The molecule has 0 aliphatic heterocycles. The molecule has 0 spiro atoms. The van der Waals surface area contributed by atoms with Crippen molar-refractivity contribution in [2.24, 2.45) is 5.92 Å². The first-order valence-corrected chi connectivity index (χ1v) is 7.11. The van der Waals surface area contributed by atoms with E-state index < -0.39 is 0 Å². The molecule has 2 heteroatoms. The van der Waals surface area contributed by atoms with E-state index in [2.05, 4.69) is 29.1 Å². The summed E-state index contributed by atoms with van der Waals surface area (Å²) in [6, 6.07) is 2.90. The number of nitrogens with one attached hydrogen (secondary N) is 1. The predicted molar refractivity (Wildman–Crippen MR) is 67.3 cm³/mol. The van der Waals surface area contributed by atoms with Gasteiger partial charge in [-0.05, 0) is 47.7 Å². The summed E-state index contributed by atoms with van der Waals surface area (Å²) in [6.45, 7) is 3.29. The van der Waals surface area contributed by atoms with Crippen LogP contribution in [0.3, 0.4) is 0 Å². The summed E-state index contributed by atoms with van der Waals surface area (Å²) in [4.78, 5) is 0. The Bertz CT molecular complexity index is 262. The molecule has 1 aliphatic rings. The fraction of sp³-hybridized carbons (Fsp3) is 0.692. The first-order chi connectivity index (χ1) is 7.42. The highest BCUT2D eigenvalue weighted by atomic mass is 32.1. The second-order valence-electron chi connectivity index (χ2n) is 4.49. The van der Waals surface area contributed by atoms with Crippen LogP contribution in [0.25, 0.3) is 0 Å². The summed E-state index contributed by atoms with van der Waals surface area (Å²) in [7, 11) is 0. The highest BCUT2D eigenvalue weighted by Gasteiger charge is 2.24. The van der Waals surface area contributed by atoms with Crippen LogP contribution in [0, 0.1) is 5.92 Å². The maximum atomic E-state index is 3.66.